The summed E-state index contributed by atoms with van der Waals surface area (Å²) >= 11 is 0. The number of carbonyl (C=O) groups is 1. The van der Waals surface area contributed by atoms with Gasteiger partial charge in [0.05, 0.1) is 6.10 Å². The quantitative estimate of drug-likeness (QED) is 0.734. The van der Waals surface area contributed by atoms with E-state index in [4.69, 9.17) is 0 Å². The van der Waals surface area contributed by atoms with E-state index in [1.54, 1.807) is 0 Å². The zero-order chi connectivity index (χ0) is 16.3. The lowest BCUT2D eigenvalue weighted by Gasteiger charge is -2.52. The van der Waals surface area contributed by atoms with Crippen LogP contribution in [0.1, 0.15) is 59.8 Å². The van der Waals surface area contributed by atoms with Crippen LogP contribution in [-0.4, -0.2) is 17.0 Å². The summed E-state index contributed by atoms with van der Waals surface area (Å²) in [5.41, 5.74) is 2.14. The zero-order valence-corrected chi connectivity index (χ0v) is 14.5. The molecule has 0 saturated heterocycles. The Balaban J connectivity index is 2.05. The van der Waals surface area contributed by atoms with Crippen molar-refractivity contribution in [2.24, 2.45) is 28.6 Å². The van der Waals surface area contributed by atoms with Crippen molar-refractivity contribution in [1.29, 1.82) is 0 Å². The van der Waals surface area contributed by atoms with Gasteiger partial charge in [-0.15, -0.1) is 0 Å². The molecule has 3 rings (SSSR count). The molecule has 0 heterocycles. The van der Waals surface area contributed by atoms with Gasteiger partial charge in [-0.2, -0.15) is 0 Å². The first-order valence-electron chi connectivity index (χ1n) is 8.78. The number of Topliss-reactive ketones (excluding diaryl/α,β-unsaturated/α-hetero) is 1. The molecule has 0 aliphatic heterocycles. The summed E-state index contributed by atoms with van der Waals surface area (Å²) in [5.74, 6) is 1.75. The summed E-state index contributed by atoms with van der Waals surface area (Å²) in [7, 11) is 0. The van der Waals surface area contributed by atoms with E-state index in [1.165, 1.54) is 5.57 Å². The minimum atomic E-state index is -0.444. The normalized spacial score (nSPS) is 45.4. The van der Waals surface area contributed by atoms with Crippen LogP contribution < -0.4 is 0 Å². The Morgan fingerprint density at radius 3 is 2.68 bits per heavy atom. The topological polar surface area (TPSA) is 37.3 Å². The van der Waals surface area contributed by atoms with E-state index in [-0.39, 0.29) is 10.8 Å². The van der Waals surface area contributed by atoms with Crippen molar-refractivity contribution < 1.29 is 9.90 Å². The monoisotopic (exact) mass is 302 g/mol. The molecule has 5 atom stereocenters. The van der Waals surface area contributed by atoms with Gasteiger partial charge in [-0.05, 0) is 54.4 Å². The van der Waals surface area contributed by atoms with Crippen molar-refractivity contribution in [3.05, 3.63) is 23.8 Å². The summed E-state index contributed by atoms with van der Waals surface area (Å²) < 4.78 is 0. The number of rotatable bonds is 1. The van der Waals surface area contributed by atoms with E-state index in [2.05, 4.69) is 40.3 Å². The molecule has 0 radical (unpaired) electrons. The highest BCUT2D eigenvalue weighted by Crippen LogP contribution is 2.62. The molecular formula is C20H30O2. The predicted molar refractivity (Wildman–Crippen MR) is 89.4 cm³/mol. The van der Waals surface area contributed by atoms with Crippen LogP contribution in [-0.2, 0) is 4.79 Å². The highest BCUT2D eigenvalue weighted by atomic mass is 16.3. The smallest absolute Gasteiger partial charge is 0.140 e. The van der Waals surface area contributed by atoms with Crippen molar-refractivity contribution >= 4 is 5.78 Å². The van der Waals surface area contributed by atoms with Gasteiger partial charge in [0.1, 0.15) is 5.78 Å². The van der Waals surface area contributed by atoms with E-state index in [0.29, 0.717) is 36.4 Å². The van der Waals surface area contributed by atoms with Crippen LogP contribution in [0.5, 0.6) is 0 Å². The van der Waals surface area contributed by atoms with Crippen molar-refractivity contribution in [2.45, 2.75) is 65.9 Å². The fourth-order valence-electron chi connectivity index (χ4n) is 5.44. The maximum atomic E-state index is 13.0. The largest absolute Gasteiger partial charge is 0.389 e. The first-order chi connectivity index (χ1) is 10.2. The molecule has 0 spiro atoms. The number of hydrogen-bond acceptors (Lipinski definition) is 2. The summed E-state index contributed by atoms with van der Waals surface area (Å²) in [6.07, 6.45) is 6.07. The van der Waals surface area contributed by atoms with E-state index in [9.17, 15) is 9.90 Å². The summed E-state index contributed by atoms with van der Waals surface area (Å²) in [4.78, 5) is 13.0. The number of fused-ring (bicyclic) bond motifs is 3. The number of aliphatic hydroxyl groups is 1. The number of allylic oxidation sites excluding steroid dienone is 2. The molecule has 0 amide bonds. The van der Waals surface area contributed by atoms with Gasteiger partial charge in [-0.3, -0.25) is 4.79 Å². The molecule has 3 aliphatic carbocycles. The minimum absolute atomic E-state index is 0.0849. The Morgan fingerprint density at radius 2 is 2.05 bits per heavy atom. The third-order valence-corrected chi connectivity index (χ3v) is 6.88. The van der Waals surface area contributed by atoms with Gasteiger partial charge in [0.25, 0.3) is 0 Å². The third-order valence-electron chi connectivity index (χ3n) is 6.88. The molecule has 2 saturated carbocycles. The van der Waals surface area contributed by atoms with Crippen LogP contribution in [0, 0.1) is 28.6 Å². The van der Waals surface area contributed by atoms with Crippen LogP contribution in [0.15, 0.2) is 23.8 Å². The lowest BCUT2D eigenvalue weighted by atomic mass is 9.50. The highest BCUT2D eigenvalue weighted by molar-refractivity contribution is 5.88. The number of ketones is 1. The second-order valence-electron chi connectivity index (χ2n) is 8.74. The number of hydrogen-bond donors (Lipinski definition) is 1. The maximum absolute atomic E-state index is 13.0. The first kappa shape index (κ1) is 16.0. The van der Waals surface area contributed by atoms with Gasteiger partial charge >= 0.3 is 0 Å². The highest BCUT2D eigenvalue weighted by Gasteiger charge is 2.59. The number of aliphatic hydroxyl groups excluding tert-OH is 1. The fourth-order valence-corrected chi connectivity index (χ4v) is 5.44. The lowest BCUT2D eigenvalue weighted by Crippen LogP contribution is -2.51. The van der Waals surface area contributed by atoms with Gasteiger partial charge in [-0.1, -0.05) is 45.9 Å². The fraction of sp³-hybridized carbons (Fsp3) is 0.750. The predicted octanol–water partition coefficient (Wildman–Crippen LogP) is 4.29. The van der Waals surface area contributed by atoms with E-state index < -0.39 is 6.10 Å². The van der Waals surface area contributed by atoms with Crippen LogP contribution in [0.2, 0.25) is 0 Å². The molecule has 0 unspecified atom stereocenters. The SMILES string of the molecule is C=C1CC[C@H]2[C@@H]3C(C(C)C)=CC[C@]3(C)C(=O)C[C@]2(C)C[C@@H]1O. The van der Waals surface area contributed by atoms with E-state index in [0.717, 1.165) is 24.8 Å². The maximum Gasteiger partial charge on any atom is 0.140 e. The Bertz CT molecular complexity index is 544. The van der Waals surface area contributed by atoms with Crippen molar-refractivity contribution in [3.8, 4) is 0 Å². The van der Waals surface area contributed by atoms with Crippen molar-refractivity contribution in [3.63, 3.8) is 0 Å². The van der Waals surface area contributed by atoms with Gasteiger partial charge in [0.15, 0.2) is 0 Å². The lowest BCUT2D eigenvalue weighted by molar-refractivity contribution is -0.143. The molecule has 0 aromatic heterocycles. The molecule has 0 bridgehead atoms. The van der Waals surface area contributed by atoms with Gasteiger partial charge in [0.2, 0.25) is 0 Å². The van der Waals surface area contributed by atoms with E-state index >= 15 is 0 Å². The Labute approximate surface area is 134 Å². The molecule has 3 aliphatic rings. The van der Waals surface area contributed by atoms with Crippen LogP contribution in [0.4, 0.5) is 0 Å². The van der Waals surface area contributed by atoms with Crippen molar-refractivity contribution in [1.82, 2.24) is 0 Å². The molecule has 2 heteroatoms. The molecule has 122 valence electrons. The van der Waals surface area contributed by atoms with Gasteiger partial charge in [-0.25, -0.2) is 0 Å². The molecule has 2 fully saturated rings. The van der Waals surface area contributed by atoms with Crippen molar-refractivity contribution in [2.75, 3.05) is 0 Å². The van der Waals surface area contributed by atoms with Crippen LogP contribution in [0.25, 0.3) is 0 Å². The van der Waals surface area contributed by atoms with Crippen LogP contribution >= 0.6 is 0 Å². The van der Waals surface area contributed by atoms with E-state index in [1.807, 2.05) is 0 Å². The second-order valence-corrected chi connectivity index (χ2v) is 8.74. The average Bonchev–Trinajstić information content (AvgIpc) is 2.72. The van der Waals surface area contributed by atoms with Gasteiger partial charge < -0.3 is 5.11 Å². The molecule has 22 heavy (non-hydrogen) atoms. The second kappa shape index (κ2) is 5.06. The average molecular weight is 302 g/mol. The molecular weight excluding hydrogens is 272 g/mol. The molecule has 2 nitrogen and oxygen atoms in total. The Morgan fingerprint density at radius 1 is 1.36 bits per heavy atom. The summed E-state index contributed by atoms with van der Waals surface area (Å²) in [6.45, 7) is 13.0. The molecule has 1 N–H and O–H groups in total. The standard InChI is InChI=1S/C20H30O2/c1-12(2)14-8-9-20(5)17(22)11-19(4)10-16(21)13(3)6-7-15(19)18(14)20/h8,12,15-16,18,21H,3,6-7,9-11H2,1-2,4-5H3/t15-,16-,18-,19-,20+/m0/s1. The third kappa shape index (κ3) is 2.14. The minimum Gasteiger partial charge on any atom is -0.389 e. The molecule has 0 aromatic carbocycles. The molecule has 0 aromatic rings. The summed E-state index contributed by atoms with van der Waals surface area (Å²) in [6, 6.07) is 0. The van der Waals surface area contributed by atoms with Gasteiger partial charge in [0, 0.05) is 11.8 Å². The van der Waals surface area contributed by atoms with Crippen LogP contribution in [0.3, 0.4) is 0 Å². The summed E-state index contributed by atoms with van der Waals surface area (Å²) in [5, 5.41) is 10.4. The Kier molecular flexibility index (Phi) is 3.67. The number of carbonyl (C=O) groups excluding carboxylic acids is 1. The first-order valence-corrected chi connectivity index (χ1v) is 8.78. The Hall–Kier alpha value is -0.890. The zero-order valence-electron chi connectivity index (χ0n) is 14.5.